The second-order valence-electron chi connectivity index (χ2n) is 5.62. The number of carbonyl (C=O) groups excluding carboxylic acids is 1. The summed E-state index contributed by atoms with van der Waals surface area (Å²) < 4.78 is 0. The van der Waals surface area contributed by atoms with Crippen LogP contribution in [0.25, 0.3) is 0 Å². The van der Waals surface area contributed by atoms with Crippen LogP contribution in [0, 0.1) is 6.92 Å². The van der Waals surface area contributed by atoms with Gasteiger partial charge in [-0.25, -0.2) is 0 Å². The van der Waals surface area contributed by atoms with Gasteiger partial charge in [0.05, 0.1) is 0 Å². The smallest absolute Gasteiger partial charge is 0.193 e. The van der Waals surface area contributed by atoms with Gasteiger partial charge in [0.2, 0.25) is 0 Å². The van der Waals surface area contributed by atoms with E-state index in [9.17, 15) is 4.79 Å². The number of benzene rings is 2. The molecule has 2 heteroatoms. The first kappa shape index (κ1) is 12.9. The lowest BCUT2D eigenvalue weighted by atomic mass is 9.77. The Kier molecular flexibility index (Phi) is 3.31. The van der Waals surface area contributed by atoms with Crippen molar-refractivity contribution in [3.63, 3.8) is 0 Å². The molecule has 1 aliphatic rings. The maximum atomic E-state index is 12.7. The molecule has 0 bridgehead atoms. The Bertz CT molecular complexity index is 656. The van der Waals surface area contributed by atoms with Gasteiger partial charge in [-0.1, -0.05) is 42.8 Å². The molecule has 0 aromatic heterocycles. The molecule has 2 aromatic carbocycles. The van der Waals surface area contributed by atoms with Crippen molar-refractivity contribution in [3.05, 3.63) is 64.7 Å². The lowest BCUT2D eigenvalue weighted by molar-refractivity contribution is 0.103. The summed E-state index contributed by atoms with van der Waals surface area (Å²) in [5, 5.41) is 0. The highest BCUT2D eigenvalue weighted by Crippen LogP contribution is 2.38. The number of hydrogen-bond donors (Lipinski definition) is 1. The Morgan fingerprint density at radius 3 is 2.55 bits per heavy atom. The molecule has 2 aromatic rings. The molecule has 0 aliphatic heterocycles. The zero-order chi connectivity index (χ0) is 14.1. The van der Waals surface area contributed by atoms with Crippen molar-refractivity contribution in [1.29, 1.82) is 0 Å². The molecule has 0 amide bonds. The fraction of sp³-hybridized carbons (Fsp3) is 0.278. The maximum Gasteiger partial charge on any atom is 0.193 e. The van der Waals surface area contributed by atoms with Crippen molar-refractivity contribution < 1.29 is 4.79 Å². The van der Waals surface area contributed by atoms with Gasteiger partial charge in [-0.3, -0.25) is 4.79 Å². The monoisotopic (exact) mass is 265 g/mol. The van der Waals surface area contributed by atoms with E-state index < -0.39 is 0 Å². The second-order valence-corrected chi connectivity index (χ2v) is 5.62. The van der Waals surface area contributed by atoms with Gasteiger partial charge < -0.3 is 5.73 Å². The zero-order valence-electron chi connectivity index (χ0n) is 11.7. The van der Waals surface area contributed by atoms with Crippen molar-refractivity contribution in [2.45, 2.75) is 32.1 Å². The Balaban J connectivity index is 1.99. The van der Waals surface area contributed by atoms with Gasteiger partial charge in [0.1, 0.15) is 0 Å². The van der Waals surface area contributed by atoms with Crippen LogP contribution in [0.1, 0.15) is 52.2 Å². The number of nitrogens with two attached hydrogens (primary N) is 1. The first-order valence-electron chi connectivity index (χ1n) is 7.16. The molecule has 0 heterocycles. The van der Waals surface area contributed by atoms with Gasteiger partial charge >= 0.3 is 0 Å². The quantitative estimate of drug-likeness (QED) is 0.671. The third-order valence-corrected chi connectivity index (χ3v) is 4.29. The van der Waals surface area contributed by atoms with Crippen LogP contribution >= 0.6 is 0 Å². The molecule has 20 heavy (non-hydrogen) atoms. The fourth-order valence-corrected chi connectivity index (χ4v) is 2.72. The molecule has 0 radical (unpaired) electrons. The molecular formula is C18H19NO. The lowest BCUT2D eigenvalue weighted by Gasteiger charge is -2.27. The summed E-state index contributed by atoms with van der Waals surface area (Å²) in [6.07, 6.45) is 3.66. The third kappa shape index (κ3) is 2.22. The summed E-state index contributed by atoms with van der Waals surface area (Å²) in [6, 6.07) is 13.6. The number of ketones is 1. The van der Waals surface area contributed by atoms with Crippen LogP contribution in [0.5, 0.6) is 0 Å². The van der Waals surface area contributed by atoms with Gasteiger partial charge in [0.25, 0.3) is 0 Å². The minimum atomic E-state index is 0.0826. The van der Waals surface area contributed by atoms with Gasteiger partial charge in [-0.15, -0.1) is 0 Å². The number of rotatable bonds is 3. The molecule has 1 fully saturated rings. The minimum Gasteiger partial charge on any atom is -0.398 e. The van der Waals surface area contributed by atoms with E-state index in [4.69, 9.17) is 5.73 Å². The van der Waals surface area contributed by atoms with Crippen LogP contribution in [-0.4, -0.2) is 5.78 Å². The van der Waals surface area contributed by atoms with Crippen LogP contribution in [0.15, 0.2) is 42.5 Å². The Labute approximate surface area is 119 Å². The molecule has 1 aliphatic carbocycles. The summed E-state index contributed by atoms with van der Waals surface area (Å²) in [6.45, 7) is 1.95. The standard InChI is InChI=1S/C18H19NO/c1-12-9-10-14(11-17(12)19)18(20)16-8-3-2-7-15(16)13-5-4-6-13/h2-3,7-11,13H,4-6,19H2,1H3. The minimum absolute atomic E-state index is 0.0826. The molecule has 2 nitrogen and oxygen atoms in total. The molecule has 0 spiro atoms. The van der Waals surface area contributed by atoms with Gasteiger partial charge in [-0.2, -0.15) is 0 Å². The Hall–Kier alpha value is -2.09. The van der Waals surface area contributed by atoms with Crippen molar-refractivity contribution in [2.75, 3.05) is 5.73 Å². The molecule has 2 N–H and O–H groups in total. The molecule has 3 rings (SSSR count). The summed E-state index contributed by atoms with van der Waals surface area (Å²) in [5.41, 5.74) is 10.3. The van der Waals surface area contributed by atoms with E-state index in [0.717, 1.165) is 11.1 Å². The van der Waals surface area contributed by atoms with E-state index in [1.54, 1.807) is 6.07 Å². The van der Waals surface area contributed by atoms with Crippen LogP contribution in [0.3, 0.4) is 0 Å². The Morgan fingerprint density at radius 1 is 1.15 bits per heavy atom. The van der Waals surface area contributed by atoms with Gasteiger partial charge in [-0.05, 0) is 42.9 Å². The van der Waals surface area contributed by atoms with Crippen molar-refractivity contribution in [3.8, 4) is 0 Å². The molecule has 1 saturated carbocycles. The van der Waals surface area contributed by atoms with Crippen molar-refractivity contribution in [2.24, 2.45) is 0 Å². The van der Waals surface area contributed by atoms with E-state index in [0.29, 0.717) is 17.2 Å². The molecule has 0 atom stereocenters. The van der Waals surface area contributed by atoms with Crippen LogP contribution in [-0.2, 0) is 0 Å². The average Bonchev–Trinajstić information content (AvgIpc) is 2.40. The van der Waals surface area contributed by atoms with Crippen molar-refractivity contribution in [1.82, 2.24) is 0 Å². The number of carbonyl (C=O) groups is 1. The van der Waals surface area contributed by atoms with Gasteiger partial charge in [0.15, 0.2) is 5.78 Å². The fourth-order valence-electron chi connectivity index (χ4n) is 2.72. The highest BCUT2D eigenvalue weighted by molar-refractivity contribution is 6.10. The van der Waals surface area contributed by atoms with E-state index in [1.807, 2.05) is 37.3 Å². The molecule has 0 unspecified atom stereocenters. The lowest BCUT2D eigenvalue weighted by Crippen LogP contribution is -2.14. The van der Waals surface area contributed by atoms with Gasteiger partial charge in [0, 0.05) is 16.8 Å². The topological polar surface area (TPSA) is 43.1 Å². The second kappa shape index (κ2) is 5.12. The third-order valence-electron chi connectivity index (χ3n) is 4.29. The first-order chi connectivity index (χ1) is 9.66. The predicted molar refractivity (Wildman–Crippen MR) is 82.1 cm³/mol. The SMILES string of the molecule is Cc1ccc(C(=O)c2ccccc2C2CCC2)cc1N. The van der Waals surface area contributed by atoms with E-state index in [-0.39, 0.29) is 5.78 Å². The normalized spacial score (nSPS) is 14.8. The van der Waals surface area contributed by atoms with Crippen molar-refractivity contribution >= 4 is 11.5 Å². The Morgan fingerprint density at radius 2 is 1.90 bits per heavy atom. The molecule has 102 valence electrons. The van der Waals surface area contributed by atoms with E-state index in [2.05, 4.69) is 6.07 Å². The number of anilines is 1. The zero-order valence-corrected chi connectivity index (χ0v) is 11.7. The maximum absolute atomic E-state index is 12.7. The summed E-state index contributed by atoms with van der Waals surface area (Å²) in [4.78, 5) is 12.7. The summed E-state index contributed by atoms with van der Waals surface area (Å²) in [5.74, 6) is 0.636. The van der Waals surface area contributed by atoms with Crippen LogP contribution < -0.4 is 5.73 Å². The largest absolute Gasteiger partial charge is 0.398 e. The summed E-state index contributed by atoms with van der Waals surface area (Å²) >= 11 is 0. The number of nitrogen functional groups attached to an aromatic ring is 1. The number of hydrogen-bond acceptors (Lipinski definition) is 2. The predicted octanol–water partition coefficient (Wildman–Crippen LogP) is 4.08. The highest BCUT2D eigenvalue weighted by atomic mass is 16.1. The van der Waals surface area contributed by atoms with Crippen LogP contribution in [0.4, 0.5) is 5.69 Å². The van der Waals surface area contributed by atoms with E-state index in [1.165, 1.54) is 24.8 Å². The van der Waals surface area contributed by atoms with Crippen LogP contribution in [0.2, 0.25) is 0 Å². The number of aryl methyl sites for hydroxylation is 1. The average molecular weight is 265 g/mol. The van der Waals surface area contributed by atoms with E-state index >= 15 is 0 Å². The summed E-state index contributed by atoms with van der Waals surface area (Å²) in [7, 11) is 0. The molecular weight excluding hydrogens is 246 g/mol. The highest BCUT2D eigenvalue weighted by Gasteiger charge is 2.24. The molecule has 0 saturated heterocycles. The first-order valence-corrected chi connectivity index (χ1v) is 7.16.